The topological polar surface area (TPSA) is 49.8 Å². The van der Waals surface area contributed by atoms with Gasteiger partial charge < -0.3 is 10.6 Å². The van der Waals surface area contributed by atoms with Crippen LogP contribution in [0.2, 0.25) is 0 Å². The van der Waals surface area contributed by atoms with Crippen LogP contribution >= 0.6 is 11.8 Å². The Morgan fingerprint density at radius 1 is 1.28 bits per heavy atom. The van der Waals surface area contributed by atoms with E-state index in [2.05, 4.69) is 33.8 Å². The van der Waals surface area contributed by atoms with Crippen LogP contribution in [0.15, 0.2) is 6.20 Å². The number of hydrogen-bond acceptors (Lipinski definition) is 5. The SMILES string of the molecule is CCCNc1ncc(F)c(NCCCCSC)n1. The summed E-state index contributed by atoms with van der Waals surface area (Å²) in [6.45, 7) is 3.59. The van der Waals surface area contributed by atoms with E-state index in [0.717, 1.165) is 38.1 Å². The smallest absolute Gasteiger partial charge is 0.224 e. The molecule has 18 heavy (non-hydrogen) atoms. The molecule has 2 N–H and O–H groups in total. The lowest BCUT2D eigenvalue weighted by Crippen LogP contribution is -2.10. The highest BCUT2D eigenvalue weighted by atomic mass is 32.2. The second-order valence-corrected chi connectivity index (χ2v) is 4.93. The summed E-state index contributed by atoms with van der Waals surface area (Å²) in [7, 11) is 0. The molecule has 0 fully saturated rings. The fourth-order valence-electron chi connectivity index (χ4n) is 1.39. The summed E-state index contributed by atoms with van der Waals surface area (Å²) < 4.78 is 13.4. The molecule has 0 aromatic carbocycles. The van der Waals surface area contributed by atoms with E-state index in [1.54, 1.807) is 0 Å². The van der Waals surface area contributed by atoms with Gasteiger partial charge >= 0.3 is 0 Å². The van der Waals surface area contributed by atoms with Crippen LogP contribution < -0.4 is 10.6 Å². The van der Waals surface area contributed by atoms with Crippen LogP contribution in [0, 0.1) is 5.82 Å². The van der Waals surface area contributed by atoms with Gasteiger partial charge in [-0.3, -0.25) is 0 Å². The lowest BCUT2D eigenvalue weighted by Gasteiger charge is -2.08. The predicted octanol–water partition coefficient (Wildman–Crippen LogP) is 2.99. The molecule has 0 saturated heterocycles. The fraction of sp³-hybridized carbons (Fsp3) is 0.667. The molecule has 1 aromatic heterocycles. The Bertz CT molecular complexity index is 349. The summed E-state index contributed by atoms with van der Waals surface area (Å²) in [6.07, 6.45) is 6.42. The molecule has 0 bridgehead atoms. The van der Waals surface area contributed by atoms with Crippen LogP contribution in [0.1, 0.15) is 26.2 Å². The highest BCUT2D eigenvalue weighted by Gasteiger charge is 2.05. The van der Waals surface area contributed by atoms with Crippen LogP contribution in [-0.2, 0) is 0 Å². The maximum Gasteiger partial charge on any atom is 0.224 e. The molecule has 0 aliphatic carbocycles. The minimum atomic E-state index is -0.401. The first-order valence-electron chi connectivity index (χ1n) is 6.27. The molecule has 0 radical (unpaired) electrons. The average Bonchev–Trinajstić information content (AvgIpc) is 2.39. The molecule has 1 heterocycles. The maximum absolute atomic E-state index is 13.4. The van der Waals surface area contributed by atoms with Gasteiger partial charge in [0.05, 0.1) is 6.20 Å². The van der Waals surface area contributed by atoms with Crippen LogP contribution in [-0.4, -0.2) is 35.1 Å². The van der Waals surface area contributed by atoms with E-state index >= 15 is 0 Å². The number of hydrogen-bond donors (Lipinski definition) is 2. The fourth-order valence-corrected chi connectivity index (χ4v) is 1.88. The van der Waals surface area contributed by atoms with Gasteiger partial charge in [0.25, 0.3) is 0 Å². The van der Waals surface area contributed by atoms with Crippen LogP contribution in [0.5, 0.6) is 0 Å². The minimum Gasteiger partial charge on any atom is -0.367 e. The number of unbranched alkanes of at least 4 members (excludes halogenated alkanes) is 1. The molecule has 102 valence electrons. The van der Waals surface area contributed by atoms with E-state index in [-0.39, 0.29) is 5.82 Å². The van der Waals surface area contributed by atoms with Gasteiger partial charge in [-0.05, 0) is 31.3 Å². The summed E-state index contributed by atoms with van der Waals surface area (Å²) >= 11 is 1.83. The molecule has 4 nitrogen and oxygen atoms in total. The average molecular weight is 272 g/mol. The van der Waals surface area contributed by atoms with E-state index in [9.17, 15) is 4.39 Å². The third kappa shape index (κ3) is 5.53. The van der Waals surface area contributed by atoms with Gasteiger partial charge in [-0.2, -0.15) is 16.7 Å². The number of nitrogens with zero attached hydrogens (tertiary/aromatic N) is 2. The van der Waals surface area contributed by atoms with E-state index in [1.807, 2.05) is 11.8 Å². The molecule has 0 saturated carbocycles. The lowest BCUT2D eigenvalue weighted by atomic mass is 10.3. The van der Waals surface area contributed by atoms with Crippen molar-refractivity contribution < 1.29 is 4.39 Å². The Balaban J connectivity index is 2.42. The van der Waals surface area contributed by atoms with Crippen molar-refractivity contribution >= 4 is 23.5 Å². The zero-order valence-corrected chi connectivity index (χ0v) is 11.8. The lowest BCUT2D eigenvalue weighted by molar-refractivity contribution is 0.616. The first-order valence-corrected chi connectivity index (χ1v) is 7.66. The third-order valence-electron chi connectivity index (χ3n) is 2.34. The van der Waals surface area contributed by atoms with Gasteiger partial charge in [0.2, 0.25) is 5.95 Å². The van der Waals surface area contributed by atoms with E-state index in [1.165, 1.54) is 6.20 Å². The van der Waals surface area contributed by atoms with Crippen molar-refractivity contribution in [3.05, 3.63) is 12.0 Å². The van der Waals surface area contributed by atoms with Crippen molar-refractivity contribution in [1.82, 2.24) is 9.97 Å². The molecule has 0 spiro atoms. The molecular weight excluding hydrogens is 251 g/mol. The van der Waals surface area contributed by atoms with Crippen molar-refractivity contribution in [3.63, 3.8) is 0 Å². The van der Waals surface area contributed by atoms with Gasteiger partial charge in [0.1, 0.15) is 0 Å². The maximum atomic E-state index is 13.4. The van der Waals surface area contributed by atoms with Crippen molar-refractivity contribution in [1.29, 1.82) is 0 Å². The van der Waals surface area contributed by atoms with Gasteiger partial charge in [-0.25, -0.2) is 9.37 Å². The van der Waals surface area contributed by atoms with E-state index < -0.39 is 5.82 Å². The number of anilines is 2. The molecule has 1 aromatic rings. The van der Waals surface area contributed by atoms with Crippen molar-refractivity contribution in [2.24, 2.45) is 0 Å². The summed E-state index contributed by atoms with van der Waals surface area (Å²) in [5, 5.41) is 6.05. The highest BCUT2D eigenvalue weighted by molar-refractivity contribution is 7.98. The Kier molecular flexibility index (Phi) is 7.48. The number of aromatic nitrogens is 2. The quantitative estimate of drug-likeness (QED) is 0.677. The van der Waals surface area contributed by atoms with Crippen LogP contribution in [0.25, 0.3) is 0 Å². The second kappa shape index (κ2) is 8.97. The first-order chi connectivity index (χ1) is 8.77. The highest BCUT2D eigenvalue weighted by Crippen LogP contribution is 2.12. The van der Waals surface area contributed by atoms with E-state index in [0.29, 0.717) is 5.95 Å². The molecule has 0 unspecified atom stereocenters. The standard InChI is InChI=1S/C12H21FN4S/c1-3-6-15-12-16-9-10(13)11(17-12)14-7-4-5-8-18-2/h9H,3-8H2,1-2H3,(H2,14,15,16,17). The minimum absolute atomic E-state index is 0.285. The Morgan fingerprint density at radius 2 is 2.11 bits per heavy atom. The third-order valence-corrected chi connectivity index (χ3v) is 3.04. The van der Waals surface area contributed by atoms with Gasteiger partial charge in [0, 0.05) is 13.1 Å². The van der Waals surface area contributed by atoms with Crippen LogP contribution in [0.4, 0.5) is 16.2 Å². The van der Waals surface area contributed by atoms with Crippen molar-refractivity contribution in [2.75, 3.05) is 35.7 Å². The van der Waals surface area contributed by atoms with Crippen molar-refractivity contribution in [2.45, 2.75) is 26.2 Å². The summed E-state index contributed by atoms with van der Waals surface area (Å²) in [6, 6.07) is 0. The summed E-state index contributed by atoms with van der Waals surface area (Å²) in [5.74, 6) is 1.50. The number of rotatable bonds is 9. The molecule has 1 rings (SSSR count). The van der Waals surface area contributed by atoms with Crippen molar-refractivity contribution in [3.8, 4) is 0 Å². The molecule has 0 aliphatic rings. The molecule has 0 amide bonds. The van der Waals surface area contributed by atoms with Gasteiger partial charge in [-0.15, -0.1) is 0 Å². The predicted molar refractivity (Wildman–Crippen MR) is 76.9 cm³/mol. The van der Waals surface area contributed by atoms with Gasteiger partial charge in [-0.1, -0.05) is 6.92 Å². The monoisotopic (exact) mass is 272 g/mol. The molecule has 0 aliphatic heterocycles. The normalized spacial score (nSPS) is 10.4. The molecular formula is C12H21FN4S. The molecule has 0 atom stereocenters. The zero-order chi connectivity index (χ0) is 13.2. The largest absolute Gasteiger partial charge is 0.367 e. The Labute approximate surface area is 112 Å². The zero-order valence-electron chi connectivity index (χ0n) is 11.0. The number of thioether (sulfide) groups is 1. The molecule has 6 heteroatoms. The summed E-state index contributed by atoms with van der Waals surface area (Å²) in [4.78, 5) is 8.01. The second-order valence-electron chi connectivity index (χ2n) is 3.94. The Hall–Kier alpha value is -1.04. The first kappa shape index (κ1) is 15.0. The Morgan fingerprint density at radius 3 is 2.83 bits per heavy atom. The van der Waals surface area contributed by atoms with Crippen LogP contribution in [0.3, 0.4) is 0 Å². The van der Waals surface area contributed by atoms with E-state index in [4.69, 9.17) is 0 Å². The van der Waals surface area contributed by atoms with Gasteiger partial charge in [0.15, 0.2) is 11.6 Å². The number of halogens is 1. The number of nitrogens with one attached hydrogen (secondary N) is 2. The summed E-state index contributed by atoms with van der Waals surface area (Å²) in [5.41, 5.74) is 0.